The van der Waals surface area contributed by atoms with E-state index >= 15 is 0 Å². The molecule has 1 heterocycles. The molecule has 1 N–H and O–H groups in total. The summed E-state index contributed by atoms with van der Waals surface area (Å²) in [5.41, 5.74) is 0.971. The second-order valence-corrected chi connectivity index (χ2v) is 3.68. The van der Waals surface area contributed by atoms with Crippen molar-refractivity contribution in [1.82, 2.24) is 5.32 Å². The predicted octanol–water partition coefficient (Wildman–Crippen LogP) is 1.60. The lowest BCUT2D eigenvalue weighted by molar-refractivity contribution is 0.338. The maximum atomic E-state index is 13.0. The van der Waals surface area contributed by atoms with Crippen LogP contribution in [-0.2, 0) is 6.42 Å². The van der Waals surface area contributed by atoms with Gasteiger partial charge in [-0.2, -0.15) is 0 Å². The lowest BCUT2D eigenvalue weighted by Gasteiger charge is -2.27. The van der Waals surface area contributed by atoms with Crippen LogP contribution in [0.2, 0.25) is 0 Å². The molecule has 1 aliphatic rings. The fourth-order valence-electron chi connectivity index (χ4n) is 1.71. The Hall–Kier alpha value is -1.09. The third-order valence-corrected chi connectivity index (χ3v) is 2.62. The first-order valence-electron chi connectivity index (χ1n) is 4.82. The van der Waals surface area contributed by atoms with Gasteiger partial charge in [0.1, 0.15) is 11.6 Å². The van der Waals surface area contributed by atoms with Crippen LogP contribution in [-0.4, -0.2) is 20.2 Å². The molecule has 0 bridgehead atoms. The number of nitrogens with one attached hydrogen (secondary N) is 1. The summed E-state index contributed by atoms with van der Waals surface area (Å²) >= 11 is 0. The van der Waals surface area contributed by atoms with E-state index in [2.05, 4.69) is 5.32 Å². The van der Waals surface area contributed by atoms with Crippen LogP contribution in [0, 0.1) is 11.7 Å². The highest BCUT2D eigenvalue weighted by molar-refractivity contribution is 5.34. The first kappa shape index (κ1) is 9.46. The zero-order valence-corrected chi connectivity index (χ0v) is 8.22. The monoisotopic (exact) mass is 195 g/mol. The minimum Gasteiger partial charge on any atom is -0.496 e. The summed E-state index contributed by atoms with van der Waals surface area (Å²) in [6, 6.07) is 4.69. The summed E-state index contributed by atoms with van der Waals surface area (Å²) in [6.45, 7) is 2.05. The number of hydrogen-bond donors (Lipinski definition) is 1. The van der Waals surface area contributed by atoms with Crippen molar-refractivity contribution in [2.75, 3.05) is 20.2 Å². The van der Waals surface area contributed by atoms with Crippen molar-refractivity contribution in [3.63, 3.8) is 0 Å². The minimum absolute atomic E-state index is 0.187. The average molecular weight is 195 g/mol. The van der Waals surface area contributed by atoms with Gasteiger partial charge in [-0.3, -0.25) is 0 Å². The topological polar surface area (TPSA) is 21.3 Å². The van der Waals surface area contributed by atoms with Crippen LogP contribution in [0.1, 0.15) is 5.56 Å². The Labute approximate surface area is 83.1 Å². The van der Waals surface area contributed by atoms with Crippen LogP contribution in [0.4, 0.5) is 4.39 Å². The standard InChI is InChI=1S/C11H14FNO/c1-14-11-3-2-10(12)5-9(11)4-8-6-13-7-8/h2-3,5,8,13H,4,6-7H2,1H3. The molecule has 2 nitrogen and oxygen atoms in total. The molecule has 0 unspecified atom stereocenters. The Balaban J connectivity index is 2.15. The van der Waals surface area contributed by atoms with E-state index in [-0.39, 0.29) is 5.82 Å². The van der Waals surface area contributed by atoms with E-state index in [1.807, 2.05) is 0 Å². The van der Waals surface area contributed by atoms with Gasteiger partial charge < -0.3 is 10.1 Å². The van der Waals surface area contributed by atoms with Crippen molar-refractivity contribution in [1.29, 1.82) is 0 Å². The van der Waals surface area contributed by atoms with Gasteiger partial charge in [0.15, 0.2) is 0 Å². The van der Waals surface area contributed by atoms with Gasteiger partial charge in [-0.15, -0.1) is 0 Å². The van der Waals surface area contributed by atoms with Crippen LogP contribution >= 0.6 is 0 Å². The van der Waals surface area contributed by atoms with Crippen molar-refractivity contribution in [2.45, 2.75) is 6.42 Å². The van der Waals surface area contributed by atoms with E-state index < -0.39 is 0 Å². The van der Waals surface area contributed by atoms with Crippen LogP contribution in [0.15, 0.2) is 18.2 Å². The molecule has 0 aliphatic carbocycles. The van der Waals surface area contributed by atoms with Gasteiger partial charge in [0, 0.05) is 0 Å². The molecule has 1 saturated heterocycles. The Bertz CT molecular complexity index is 323. The third-order valence-electron chi connectivity index (χ3n) is 2.62. The molecular weight excluding hydrogens is 181 g/mol. The van der Waals surface area contributed by atoms with E-state index in [0.29, 0.717) is 5.92 Å². The van der Waals surface area contributed by atoms with Crippen LogP contribution in [0.5, 0.6) is 5.75 Å². The minimum atomic E-state index is -0.187. The van der Waals surface area contributed by atoms with Crippen molar-refractivity contribution in [3.8, 4) is 5.75 Å². The fraction of sp³-hybridized carbons (Fsp3) is 0.455. The number of methoxy groups -OCH3 is 1. The van der Waals surface area contributed by atoms with E-state index in [4.69, 9.17) is 4.74 Å². The normalized spacial score (nSPS) is 16.4. The second-order valence-electron chi connectivity index (χ2n) is 3.68. The Morgan fingerprint density at radius 1 is 1.50 bits per heavy atom. The van der Waals surface area contributed by atoms with Crippen molar-refractivity contribution in [2.24, 2.45) is 5.92 Å². The summed E-state index contributed by atoms with van der Waals surface area (Å²) in [5, 5.41) is 3.20. The van der Waals surface area contributed by atoms with Crippen LogP contribution < -0.4 is 10.1 Å². The zero-order valence-electron chi connectivity index (χ0n) is 8.22. The van der Waals surface area contributed by atoms with E-state index in [1.54, 1.807) is 19.2 Å². The zero-order chi connectivity index (χ0) is 9.97. The van der Waals surface area contributed by atoms with Crippen LogP contribution in [0.3, 0.4) is 0 Å². The fourth-order valence-corrected chi connectivity index (χ4v) is 1.71. The summed E-state index contributed by atoms with van der Waals surface area (Å²) in [7, 11) is 1.62. The molecule has 0 amide bonds. The van der Waals surface area contributed by atoms with Crippen molar-refractivity contribution >= 4 is 0 Å². The van der Waals surface area contributed by atoms with Gasteiger partial charge >= 0.3 is 0 Å². The third kappa shape index (κ3) is 1.87. The molecule has 1 fully saturated rings. The number of halogens is 1. The van der Waals surface area contributed by atoms with Gasteiger partial charge in [0.25, 0.3) is 0 Å². The van der Waals surface area contributed by atoms with Crippen LogP contribution in [0.25, 0.3) is 0 Å². The number of hydrogen-bond acceptors (Lipinski definition) is 2. The lowest BCUT2D eigenvalue weighted by Crippen LogP contribution is -2.43. The van der Waals surface area contributed by atoms with E-state index in [9.17, 15) is 4.39 Å². The molecule has 0 radical (unpaired) electrons. The summed E-state index contributed by atoms with van der Waals surface area (Å²) in [5.74, 6) is 1.23. The van der Waals surface area contributed by atoms with Gasteiger partial charge in [-0.1, -0.05) is 0 Å². The largest absolute Gasteiger partial charge is 0.496 e. The molecule has 0 saturated carbocycles. The predicted molar refractivity (Wildman–Crippen MR) is 53.0 cm³/mol. The number of benzene rings is 1. The maximum absolute atomic E-state index is 13.0. The maximum Gasteiger partial charge on any atom is 0.123 e. The summed E-state index contributed by atoms with van der Waals surface area (Å²) in [4.78, 5) is 0. The molecule has 1 aromatic rings. The highest BCUT2D eigenvalue weighted by atomic mass is 19.1. The van der Waals surface area contributed by atoms with E-state index in [1.165, 1.54) is 6.07 Å². The van der Waals surface area contributed by atoms with Gasteiger partial charge in [-0.05, 0) is 49.2 Å². The quantitative estimate of drug-likeness (QED) is 0.791. The molecule has 1 aliphatic heterocycles. The number of ether oxygens (including phenoxy) is 1. The molecule has 0 aromatic heterocycles. The summed E-state index contributed by atoms with van der Waals surface area (Å²) < 4.78 is 18.2. The second kappa shape index (κ2) is 3.96. The summed E-state index contributed by atoms with van der Waals surface area (Å²) in [6.07, 6.45) is 0.897. The SMILES string of the molecule is COc1ccc(F)cc1CC1CNC1. The molecule has 0 spiro atoms. The van der Waals surface area contributed by atoms with Gasteiger partial charge in [-0.25, -0.2) is 4.39 Å². The first-order valence-corrected chi connectivity index (χ1v) is 4.82. The highest BCUT2D eigenvalue weighted by Crippen LogP contribution is 2.23. The van der Waals surface area contributed by atoms with Crippen molar-refractivity contribution in [3.05, 3.63) is 29.6 Å². The Kier molecular flexibility index (Phi) is 2.68. The smallest absolute Gasteiger partial charge is 0.123 e. The lowest BCUT2D eigenvalue weighted by atomic mass is 9.94. The van der Waals surface area contributed by atoms with Gasteiger partial charge in [0.2, 0.25) is 0 Å². The Morgan fingerprint density at radius 3 is 2.86 bits per heavy atom. The van der Waals surface area contributed by atoms with Crippen molar-refractivity contribution < 1.29 is 9.13 Å². The molecule has 76 valence electrons. The van der Waals surface area contributed by atoms with Gasteiger partial charge in [0.05, 0.1) is 7.11 Å². The molecule has 2 rings (SSSR count). The molecule has 1 aromatic carbocycles. The average Bonchev–Trinajstić information content (AvgIpc) is 2.12. The Morgan fingerprint density at radius 2 is 2.29 bits per heavy atom. The van der Waals surface area contributed by atoms with E-state index in [0.717, 1.165) is 30.8 Å². The molecule has 14 heavy (non-hydrogen) atoms. The molecule has 0 atom stereocenters. The molecular formula is C11H14FNO. The number of rotatable bonds is 3. The first-order chi connectivity index (χ1) is 6.79. The molecule has 3 heteroatoms. The highest BCUT2D eigenvalue weighted by Gasteiger charge is 2.19.